The number of hydrogen-bond donors (Lipinski definition) is 1. The molecule has 0 radical (unpaired) electrons. The molecule has 1 amide bonds. The van der Waals surface area contributed by atoms with E-state index in [0.717, 1.165) is 30.6 Å². The maximum absolute atomic E-state index is 13.3. The summed E-state index contributed by atoms with van der Waals surface area (Å²) in [6.45, 7) is 1.82. The van der Waals surface area contributed by atoms with E-state index in [9.17, 15) is 9.59 Å². The van der Waals surface area contributed by atoms with Gasteiger partial charge in [-0.05, 0) is 18.9 Å². The van der Waals surface area contributed by atoms with Crippen molar-refractivity contribution in [3.63, 3.8) is 0 Å². The summed E-state index contributed by atoms with van der Waals surface area (Å²) in [5.41, 5.74) is 1.57. The molecule has 31 heavy (non-hydrogen) atoms. The number of nitrogens with zero attached hydrogens (tertiary/aromatic N) is 3. The van der Waals surface area contributed by atoms with Crippen LogP contribution in [-0.4, -0.2) is 59.3 Å². The molecule has 164 valence electrons. The number of methoxy groups -OCH3 is 2. The number of aromatic nitrogens is 3. The van der Waals surface area contributed by atoms with Gasteiger partial charge < -0.3 is 24.1 Å². The van der Waals surface area contributed by atoms with Gasteiger partial charge >= 0.3 is 0 Å². The second-order valence-corrected chi connectivity index (χ2v) is 8.71. The molecule has 2 aliphatic heterocycles. The predicted octanol–water partition coefficient (Wildman–Crippen LogP) is 1.77. The Kier molecular flexibility index (Phi) is 5.27. The first-order valence-electron chi connectivity index (χ1n) is 10.3. The molecule has 4 heterocycles. The highest BCUT2D eigenvalue weighted by Crippen LogP contribution is 2.37. The zero-order chi connectivity index (χ0) is 21.5. The highest BCUT2D eigenvalue weighted by atomic mass is 32.2. The Labute approximate surface area is 182 Å². The number of hydrogen-bond acceptors (Lipinski definition) is 7. The van der Waals surface area contributed by atoms with Crippen LogP contribution in [0.5, 0.6) is 11.5 Å². The van der Waals surface area contributed by atoms with Crippen LogP contribution in [0.15, 0.2) is 22.1 Å². The van der Waals surface area contributed by atoms with Crippen molar-refractivity contribution < 1.29 is 19.0 Å². The number of carbonyl (C=O) groups is 1. The first-order valence-corrected chi connectivity index (χ1v) is 11.3. The van der Waals surface area contributed by atoms with Gasteiger partial charge in [-0.25, -0.2) is 4.98 Å². The molecule has 9 nitrogen and oxygen atoms in total. The molecule has 0 bridgehead atoms. The van der Waals surface area contributed by atoms with Crippen LogP contribution in [0, 0.1) is 0 Å². The Morgan fingerprint density at radius 3 is 2.87 bits per heavy atom. The molecule has 1 atom stereocenters. The third-order valence-electron chi connectivity index (χ3n) is 5.83. The molecule has 10 heteroatoms. The van der Waals surface area contributed by atoms with Gasteiger partial charge in [-0.1, -0.05) is 11.8 Å². The first-order chi connectivity index (χ1) is 15.1. The second-order valence-electron chi connectivity index (χ2n) is 7.65. The largest absolute Gasteiger partial charge is 0.493 e. The Bertz CT molecular complexity index is 1230. The smallest absolute Gasteiger partial charge is 0.278 e. The summed E-state index contributed by atoms with van der Waals surface area (Å²) in [6, 6.07) is 3.62. The summed E-state index contributed by atoms with van der Waals surface area (Å²) < 4.78 is 19.9. The van der Waals surface area contributed by atoms with E-state index in [1.54, 1.807) is 41.2 Å². The monoisotopic (exact) mass is 444 g/mol. The van der Waals surface area contributed by atoms with E-state index in [0.29, 0.717) is 46.3 Å². The molecule has 0 spiro atoms. The van der Waals surface area contributed by atoms with Crippen molar-refractivity contribution in [2.45, 2.75) is 37.2 Å². The Morgan fingerprint density at radius 2 is 2.13 bits per heavy atom. The summed E-state index contributed by atoms with van der Waals surface area (Å²) in [4.78, 5) is 30.9. The molecule has 0 unspecified atom stereocenters. The summed E-state index contributed by atoms with van der Waals surface area (Å²) in [5, 5.41) is 4.40. The molecule has 2 aliphatic rings. The third kappa shape index (κ3) is 3.43. The van der Waals surface area contributed by atoms with Crippen molar-refractivity contribution in [1.29, 1.82) is 0 Å². The molecule has 0 saturated carbocycles. The molecule has 1 N–H and O–H groups in total. The number of amides is 1. The van der Waals surface area contributed by atoms with Gasteiger partial charge in [0.1, 0.15) is 17.6 Å². The van der Waals surface area contributed by atoms with Crippen LogP contribution in [0.3, 0.4) is 0 Å². The van der Waals surface area contributed by atoms with Crippen molar-refractivity contribution in [1.82, 2.24) is 19.4 Å². The van der Waals surface area contributed by atoms with E-state index in [1.807, 2.05) is 6.07 Å². The number of ether oxygens (including phenoxy) is 3. The van der Waals surface area contributed by atoms with E-state index >= 15 is 0 Å². The third-order valence-corrected chi connectivity index (χ3v) is 6.78. The Hall–Kier alpha value is -2.72. The van der Waals surface area contributed by atoms with E-state index < -0.39 is 0 Å². The molecule has 1 aromatic carbocycles. The first kappa shape index (κ1) is 20.2. The van der Waals surface area contributed by atoms with E-state index in [2.05, 4.69) is 5.32 Å². The van der Waals surface area contributed by atoms with Gasteiger partial charge in [0.15, 0.2) is 16.7 Å². The molecule has 1 fully saturated rings. The minimum absolute atomic E-state index is 0.00557. The van der Waals surface area contributed by atoms with Gasteiger partial charge in [-0.3, -0.25) is 14.2 Å². The lowest BCUT2D eigenvalue weighted by Gasteiger charge is -2.13. The fraction of sp³-hybridized carbons (Fsp3) is 0.476. The average Bonchev–Trinajstić information content (AvgIpc) is 3.52. The second kappa shape index (κ2) is 8.08. The van der Waals surface area contributed by atoms with Crippen LogP contribution in [0.1, 0.15) is 12.8 Å². The minimum Gasteiger partial charge on any atom is -0.493 e. The van der Waals surface area contributed by atoms with Crippen molar-refractivity contribution in [3.05, 3.63) is 22.5 Å². The van der Waals surface area contributed by atoms with Gasteiger partial charge in [0.05, 0.1) is 25.8 Å². The standard InChI is InChI=1S/C21H24N4O5S/c1-28-15-8-13-14(9-16(15)29-2)25(11-17(26)22-10-12-4-3-6-30-12)19-18(13)23-21-24(20(19)27)5-7-31-21/h8-9,12H,3-7,10-11H2,1-2H3,(H,22,26)/t12-/m1/s1. The SMILES string of the molecule is COc1cc2c3nc4n(c(=O)c3n(CC(=O)NC[C@H]3CCCO3)c2cc1OC)CCS4. The lowest BCUT2D eigenvalue weighted by Crippen LogP contribution is -2.34. The van der Waals surface area contributed by atoms with Crippen LogP contribution >= 0.6 is 11.8 Å². The zero-order valence-corrected chi connectivity index (χ0v) is 18.3. The van der Waals surface area contributed by atoms with E-state index in [1.165, 1.54) is 0 Å². The molecule has 3 aromatic rings. The van der Waals surface area contributed by atoms with Gasteiger partial charge in [0, 0.05) is 36.9 Å². The van der Waals surface area contributed by atoms with Gasteiger partial charge in [-0.2, -0.15) is 0 Å². The van der Waals surface area contributed by atoms with E-state index in [-0.39, 0.29) is 24.1 Å². The van der Waals surface area contributed by atoms with Gasteiger partial charge in [0.25, 0.3) is 5.56 Å². The molecular weight excluding hydrogens is 420 g/mol. The van der Waals surface area contributed by atoms with Crippen molar-refractivity contribution in [2.24, 2.45) is 0 Å². The fourth-order valence-corrected chi connectivity index (χ4v) is 5.23. The lowest BCUT2D eigenvalue weighted by molar-refractivity contribution is -0.122. The highest BCUT2D eigenvalue weighted by Gasteiger charge is 2.25. The van der Waals surface area contributed by atoms with Crippen molar-refractivity contribution in [3.8, 4) is 11.5 Å². The van der Waals surface area contributed by atoms with Crippen LogP contribution in [0.25, 0.3) is 21.9 Å². The zero-order valence-electron chi connectivity index (χ0n) is 17.5. The number of rotatable bonds is 6. The predicted molar refractivity (Wildman–Crippen MR) is 117 cm³/mol. The molecule has 5 rings (SSSR count). The number of fused-ring (bicyclic) bond motifs is 4. The molecule has 0 aliphatic carbocycles. The molecular formula is C21H24N4O5S. The summed E-state index contributed by atoms with van der Waals surface area (Å²) in [5.74, 6) is 1.71. The summed E-state index contributed by atoms with van der Waals surface area (Å²) in [6.07, 6.45) is 2.02. The topological polar surface area (TPSA) is 96.6 Å². The van der Waals surface area contributed by atoms with Crippen LogP contribution < -0.4 is 20.3 Å². The quantitative estimate of drug-likeness (QED) is 0.579. The Morgan fingerprint density at radius 1 is 1.32 bits per heavy atom. The fourth-order valence-electron chi connectivity index (χ4n) is 4.29. The minimum atomic E-state index is -0.177. The summed E-state index contributed by atoms with van der Waals surface area (Å²) >= 11 is 1.56. The Balaban J connectivity index is 1.63. The maximum atomic E-state index is 13.3. The number of carbonyl (C=O) groups excluding carboxylic acids is 1. The summed E-state index contributed by atoms with van der Waals surface area (Å²) in [7, 11) is 3.13. The number of benzene rings is 1. The number of thioether (sulfide) groups is 1. The normalized spacial score (nSPS) is 17.9. The van der Waals surface area contributed by atoms with Crippen LogP contribution in [0.4, 0.5) is 0 Å². The van der Waals surface area contributed by atoms with Gasteiger partial charge in [-0.15, -0.1) is 0 Å². The van der Waals surface area contributed by atoms with Crippen LogP contribution in [-0.2, 0) is 22.6 Å². The van der Waals surface area contributed by atoms with Crippen molar-refractivity contribution >= 4 is 39.6 Å². The van der Waals surface area contributed by atoms with E-state index in [4.69, 9.17) is 19.2 Å². The maximum Gasteiger partial charge on any atom is 0.278 e. The number of nitrogens with one attached hydrogen (secondary N) is 1. The highest BCUT2D eigenvalue weighted by molar-refractivity contribution is 7.99. The molecule has 2 aromatic heterocycles. The average molecular weight is 445 g/mol. The van der Waals surface area contributed by atoms with Gasteiger partial charge in [0.2, 0.25) is 5.91 Å². The molecule has 1 saturated heterocycles. The van der Waals surface area contributed by atoms with Crippen LogP contribution in [0.2, 0.25) is 0 Å². The van der Waals surface area contributed by atoms with Crippen molar-refractivity contribution in [2.75, 3.05) is 33.1 Å². The lowest BCUT2D eigenvalue weighted by atomic mass is 10.2.